The molecule has 0 saturated heterocycles. The molecule has 0 saturated carbocycles. The molecule has 0 aliphatic carbocycles. The lowest BCUT2D eigenvalue weighted by molar-refractivity contribution is 0.114. The minimum atomic E-state index is -0.671. The number of aromatic nitrogens is 2. The maximum absolute atomic E-state index is 9.84. The van der Waals surface area contributed by atoms with Crippen LogP contribution in [-0.4, -0.2) is 21.3 Å². The van der Waals surface area contributed by atoms with E-state index in [1.807, 2.05) is 13.1 Å². The van der Waals surface area contributed by atoms with E-state index < -0.39 is 6.10 Å². The van der Waals surface area contributed by atoms with Crippen molar-refractivity contribution in [3.8, 4) is 0 Å². The summed E-state index contributed by atoms with van der Waals surface area (Å²) in [7, 11) is 1.85. The topological polar surface area (TPSA) is 47.3 Å². The van der Waals surface area contributed by atoms with Crippen LogP contribution in [0.5, 0.6) is 0 Å². The Morgan fingerprint density at radius 3 is 3.08 bits per heavy atom. The fourth-order valence-corrected chi connectivity index (χ4v) is 1.40. The third-order valence-corrected chi connectivity index (χ3v) is 2.14. The van der Waals surface area contributed by atoms with Crippen LogP contribution in [0.15, 0.2) is 24.4 Å². The van der Waals surface area contributed by atoms with Crippen LogP contribution < -0.4 is 0 Å². The lowest BCUT2D eigenvalue weighted by Crippen LogP contribution is -2.06. The number of hydrogen-bond donors (Lipinski definition) is 1. The van der Waals surface area contributed by atoms with Gasteiger partial charge in [-0.1, -0.05) is 0 Å². The van der Waals surface area contributed by atoms with E-state index in [-0.39, 0.29) is 0 Å². The average Bonchev–Trinajstić information content (AvgIpc) is 2.72. The molecule has 13 heavy (non-hydrogen) atoms. The Hall–Kier alpha value is -1.29. The van der Waals surface area contributed by atoms with Gasteiger partial charge in [0.1, 0.15) is 5.76 Å². The first-order chi connectivity index (χ1) is 6.29. The Kier molecular flexibility index (Phi) is 2.06. The number of imidazole rings is 1. The molecule has 4 heteroatoms. The molecule has 0 spiro atoms. The maximum Gasteiger partial charge on any atom is 0.152 e. The van der Waals surface area contributed by atoms with Crippen molar-refractivity contribution in [2.24, 2.45) is 7.05 Å². The highest BCUT2D eigenvalue weighted by Crippen LogP contribution is 2.25. The highest BCUT2D eigenvalue weighted by molar-refractivity contribution is 5.16. The predicted molar refractivity (Wildman–Crippen MR) is 46.8 cm³/mol. The molecular weight excluding hydrogens is 168 g/mol. The maximum atomic E-state index is 9.84. The van der Waals surface area contributed by atoms with Gasteiger partial charge in [-0.15, -0.1) is 0 Å². The molecule has 2 rings (SSSR count). The molecule has 1 aliphatic heterocycles. The number of aliphatic hydroxyl groups is 1. The fraction of sp³-hybridized carbons (Fsp3) is 0.444. The van der Waals surface area contributed by atoms with E-state index in [9.17, 15) is 5.11 Å². The van der Waals surface area contributed by atoms with Crippen LogP contribution in [0.1, 0.15) is 18.2 Å². The summed E-state index contributed by atoms with van der Waals surface area (Å²) >= 11 is 0. The van der Waals surface area contributed by atoms with Gasteiger partial charge in [-0.2, -0.15) is 0 Å². The first-order valence-corrected chi connectivity index (χ1v) is 4.26. The molecule has 1 unspecified atom stereocenters. The lowest BCUT2D eigenvalue weighted by Gasteiger charge is -2.12. The zero-order valence-electron chi connectivity index (χ0n) is 7.47. The van der Waals surface area contributed by atoms with Crippen LogP contribution >= 0.6 is 0 Å². The quantitative estimate of drug-likeness (QED) is 0.730. The normalized spacial score (nSPS) is 18.2. The van der Waals surface area contributed by atoms with Gasteiger partial charge in [0, 0.05) is 13.5 Å². The Morgan fingerprint density at radius 1 is 1.69 bits per heavy atom. The van der Waals surface area contributed by atoms with Crippen molar-refractivity contribution in [3.05, 3.63) is 30.1 Å². The summed E-state index contributed by atoms with van der Waals surface area (Å²) in [5, 5.41) is 9.84. The molecule has 0 radical (unpaired) electrons. The van der Waals surface area contributed by atoms with E-state index in [0.29, 0.717) is 12.4 Å². The van der Waals surface area contributed by atoms with E-state index in [4.69, 9.17) is 4.74 Å². The third kappa shape index (κ3) is 1.45. The van der Waals surface area contributed by atoms with Gasteiger partial charge in [0.25, 0.3) is 0 Å². The minimum Gasteiger partial charge on any atom is -0.495 e. The van der Waals surface area contributed by atoms with E-state index in [1.54, 1.807) is 17.1 Å². The summed E-state index contributed by atoms with van der Waals surface area (Å²) in [4.78, 5) is 3.93. The number of aliphatic hydroxyl groups excluding tert-OH is 1. The van der Waals surface area contributed by atoms with Crippen molar-refractivity contribution >= 4 is 0 Å². The summed E-state index contributed by atoms with van der Waals surface area (Å²) in [5.74, 6) is 0.642. The first kappa shape index (κ1) is 8.31. The molecule has 0 amide bonds. The molecular formula is C9H12N2O2. The van der Waals surface area contributed by atoms with E-state index in [0.717, 1.165) is 12.1 Å². The van der Waals surface area contributed by atoms with Gasteiger partial charge in [0.05, 0.1) is 24.8 Å². The predicted octanol–water partition coefficient (Wildman–Crippen LogP) is 0.758. The first-order valence-electron chi connectivity index (χ1n) is 4.26. The van der Waals surface area contributed by atoms with Gasteiger partial charge >= 0.3 is 0 Å². The summed E-state index contributed by atoms with van der Waals surface area (Å²) < 4.78 is 7.05. The zero-order chi connectivity index (χ0) is 9.26. The monoisotopic (exact) mass is 180 g/mol. The second-order valence-electron chi connectivity index (χ2n) is 3.08. The largest absolute Gasteiger partial charge is 0.495 e. The molecule has 1 aromatic rings. The SMILES string of the molecule is Cn1cncc1C(O)C1=CCCO1. The average molecular weight is 180 g/mol. The summed E-state index contributed by atoms with van der Waals surface area (Å²) in [6.45, 7) is 0.671. The van der Waals surface area contributed by atoms with Crippen LogP contribution in [0.4, 0.5) is 0 Å². The number of aryl methyl sites for hydroxylation is 1. The Balaban J connectivity index is 2.21. The van der Waals surface area contributed by atoms with Crippen molar-refractivity contribution in [2.75, 3.05) is 6.61 Å². The molecule has 0 aromatic carbocycles. The molecule has 70 valence electrons. The van der Waals surface area contributed by atoms with Gasteiger partial charge in [0.2, 0.25) is 0 Å². The molecule has 4 nitrogen and oxygen atoms in total. The van der Waals surface area contributed by atoms with E-state index in [2.05, 4.69) is 4.98 Å². The zero-order valence-corrected chi connectivity index (χ0v) is 7.47. The lowest BCUT2D eigenvalue weighted by atomic mass is 10.2. The molecule has 0 bridgehead atoms. The Labute approximate surface area is 76.5 Å². The standard InChI is InChI=1S/C9H12N2O2/c1-11-6-10-5-7(11)9(12)8-3-2-4-13-8/h3,5-6,9,12H,2,4H2,1H3. The second kappa shape index (κ2) is 3.22. The van der Waals surface area contributed by atoms with Crippen molar-refractivity contribution < 1.29 is 9.84 Å². The molecule has 1 atom stereocenters. The fourth-order valence-electron chi connectivity index (χ4n) is 1.40. The summed E-state index contributed by atoms with van der Waals surface area (Å²) in [6.07, 6.45) is 5.43. The molecule has 2 heterocycles. The van der Waals surface area contributed by atoms with E-state index >= 15 is 0 Å². The van der Waals surface area contributed by atoms with Gasteiger partial charge in [-0.05, 0) is 6.08 Å². The van der Waals surface area contributed by atoms with Crippen LogP contribution in [0.25, 0.3) is 0 Å². The molecule has 1 N–H and O–H groups in total. The highest BCUT2D eigenvalue weighted by Gasteiger charge is 2.20. The Bertz CT molecular complexity index is 330. The third-order valence-electron chi connectivity index (χ3n) is 2.14. The second-order valence-corrected chi connectivity index (χ2v) is 3.08. The van der Waals surface area contributed by atoms with Gasteiger partial charge in [0.15, 0.2) is 6.10 Å². The Morgan fingerprint density at radius 2 is 2.54 bits per heavy atom. The minimum absolute atomic E-state index is 0.642. The molecule has 0 fully saturated rings. The number of nitrogens with zero attached hydrogens (tertiary/aromatic N) is 2. The molecule has 1 aliphatic rings. The summed E-state index contributed by atoms with van der Waals surface area (Å²) in [5.41, 5.74) is 0.758. The number of hydrogen-bond acceptors (Lipinski definition) is 3. The summed E-state index contributed by atoms with van der Waals surface area (Å²) in [6, 6.07) is 0. The van der Waals surface area contributed by atoms with Crippen molar-refractivity contribution in [2.45, 2.75) is 12.5 Å². The van der Waals surface area contributed by atoms with Gasteiger partial charge in [-0.3, -0.25) is 0 Å². The number of rotatable bonds is 2. The smallest absolute Gasteiger partial charge is 0.152 e. The number of ether oxygens (including phenoxy) is 1. The van der Waals surface area contributed by atoms with Crippen molar-refractivity contribution in [1.82, 2.24) is 9.55 Å². The van der Waals surface area contributed by atoms with Crippen molar-refractivity contribution in [3.63, 3.8) is 0 Å². The van der Waals surface area contributed by atoms with Crippen molar-refractivity contribution in [1.29, 1.82) is 0 Å². The van der Waals surface area contributed by atoms with Gasteiger partial charge in [-0.25, -0.2) is 4.98 Å². The van der Waals surface area contributed by atoms with Crippen LogP contribution in [-0.2, 0) is 11.8 Å². The van der Waals surface area contributed by atoms with Crippen LogP contribution in [0, 0.1) is 0 Å². The highest BCUT2D eigenvalue weighted by atomic mass is 16.5. The van der Waals surface area contributed by atoms with Crippen LogP contribution in [0.3, 0.4) is 0 Å². The van der Waals surface area contributed by atoms with Crippen LogP contribution in [0.2, 0.25) is 0 Å². The van der Waals surface area contributed by atoms with E-state index in [1.165, 1.54) is 0 Å². The van der Waals surface area contributed by atoms with Gasteiger partial charge < -0.3 is 14.4 Å². The molecule has 1 aromatic heterocycles.